The van der Waals surface area contributed by atoms with Gasteiger partial charge in [-0.15, -0.1) is 0 Å². The van der Waals surface area contributed by atoms with Crippen LogP contribution in [0.1, 0.15) is 107 Å². The van der Waals surface area contributed by atoms with Crippen LogP contribution in [0.4, 0.5) is 0 Å². The molecule has 28 heteroatoms. The minimum Gasteiger partial charge on any atom is -0.394 e. The molecule has 6 heterocycles. The van der Waals surface area contributed by atoms with E-state index >= 15 is 0 Å². The van der Waals surface area contributed by atoms with Gasteiger partial charge in [0.25, 0.3) is 10.1 Å². The van der Waals surface area contributed by atoms with E-state index in [2.05, 4.69) is 40.7 Å². The molecule has 490 valence electrons. The number of allylic oxidation sites excluding steroid dienone is 2. The maximum atomic E-state index is 12.9. The summed E-state index contributed by atoms with van der Waals surface area (Å²) in [5, 5.41) is 145. The molecule has 9 fully saturated rings. The molecule has 0 aromatic rings. The first kappa shape index (κ1) is 66.6. The van der Waals surface area contributed by atoms with E-state index in [4.69, 9.17) is 52.1 Å². The van der Waals surface area contributed by atoms with Gasteiger partial charge in [0, 0.05) is 0 Å². The first-order valence-corrected chi connectivity index (χ1v) is 31.9. The van der Waals surface area contributed by atoms with Crippen molar-refractivity contribution in [1.82, 2.24) is 0 Å². The van der Waals surface area contributed by atoms with Crippen molar-refractivity contribution in [2.75, 3.05) is 13.2 Å². The molecular weight excluding hydrogens is 1150 g/mol. The Balaban J connectivity index is 0.923. The van der Waals surface area contributed by atoms with Gasteiger partial charge in [0.2, 0.25) is 0 Å². The summed E-state index contributed by atoms with van der Waals surface area (Å²) in [5.74, 6) is -0.258. The molecule has 6 saturated heterocycles. The summed E-state index contributed by atoms with van der Waals surface area (Å²) >= 11 is 0. The average Bonchev–Trinajstić information content (AvgIpc) is 1.69. The van der Waals surface area contributed by atoms with Crippen molar-refractivity contribution in [3.63, 3.8) is 0 Å². The summed E-state index contributed by atoms with van der Waals surface area (Å²) in [6, 6.07) is 0. The molecular formula is C57H94O27S. The number of epoxide rings is 1. The predicted molar refractivity (Wildman–Crippen MR) is 288 cm³/mol. The van der Waals surface area contributed by atoms with E-state index in [1.165, 1.54) is 20.8 Å². The van der Waals surface area contributed by atoms with Gasteiger partial charge < -0.3 is 118 Å². The molecule has 6 aliphatic heterocycles. The van der Waals surface area contributed by atoms with E-state index in [1.807, 2.05) is 6.92 Å². The van der Waals surface area contributed by atoms with Crippen LogP contribution >= 0.6 is 0 Å². The Bertz CT molecular complexity index is 2440. The SMILES string of the molecule is CC1OC(OC2C(OC3C(O)C(O[C@H]4CC5C(=CC[C@@]6(C)C5CC[C@@H]6[C@@](C)(O)[C@@H]5O[C@@H]5[C@@H](C)C(C)C)[C@@]5(C)CCC(S(=O)(=O)O)CC45)O[C@@H](CO)[C@@H]3O)O[C@H](C)C(OC3OC[C@@H](O)[C@H](O)C3OC3OC(C)[C@@H](O)[C@H](O)[C@H]3O)C2O)[C@H](O)[C@@H](O)[C@@H]1O. The third kappa shape index (κ3) is 12.1. The second kappa shape index (κ2) is 25.0. The van der Waals surface area contributed by atoms with E-state index < -0.39 is 204 Å². The zero-order chi connectivity index (χ0) is 62.1. The molecule has 0 amide bonds. The largest absolute Gasteiger partial charge is 0.394 e. The second-order valence-corrected chi connectivity index (χ2v) is 29.0. The van der Waals surface area contributed by atoms with Gasteiger partial charge in [0.15, 0.2) is 31.5 Å². The van der Waals surface area contributed by atoms with Crippen LogP contribution in [0.5, 0.6) is 0 Å². The quantitative estimate of drug-likeness (QED) is 0.0430. The van der Waals surface area contributed by atoms with Crippen molar-refractivity contribution in [1.29, 1.82) is 0 Å². The van der Waals surface area contributed by atoms with E-state index in [1.54, 1.807) is 0 Å². The van der Waals surface area contributed by atoms with Gasteiger partial charge in [-0.05, 0) is 119 Å². The molecule has 85 heavy (non-hydrogen) atoms. The van der Waals surface area contributed by atoms with E-state index in [-0.39, 0.29) is 48.7 Å². The van der Waals surface area contributed by atoms with Crippen molar-refractivity contribution < 1.29 is 131 Å². The van der Waals surface area contributed by atoms with Crippen LogP contribution in [0.3, 0.4) is 0 Å². The van der Waals surface area contributed by atoms with Gasteiger partial charge in [-0.1, -0.05) is 46.3 Å². The topological polar surface area (TPSA) is 422 Å². The van der Waals surface area contributed by atoms with Crippen LogP contribution in [0, 0.1) is 46.3 Å². The van der Waals surface area contributed by atoms with Crippen LogP contribution < -0.4 is 0 Å². The van der Waals surface area contributed by atoms with Crippen molar-refractivity contribution in [3.8, 4) is 0 Å². The van der Waals surface area contributed by atoms with E-state index in [0.29, 0.717) is 25.2 Å². The third-order valence-electron chi connectivity index (χ3n) is 21.9. The lowest BCUT2D eigenvalue weighted by atomic mass is 9.47. The molecule has 0 aromatic heterocycles. The van der Waals surface area contributed by atoms with E-state index in [9.17, 15) is 79.4 Å². The van der Waals surface area contributed by atoms with Gasteiger partial charge in [0.1, 0.15) is 104 Å². The summed E-state index contributed by atoms with van der Waals surface area (Å²) in [6.45, 7) is 15.4. The Hall–Kier alpha value is -1.31. The lowest BCUT2D eigenvalue weighted by Crippen LogP contribution is -2.68. The van der Waals surface area contributed by atoms with Crippen molar-refractivity contribution >= 4 is 10.1 Å². The minimum absolute atomic E-state index is 0.0129. The molecule has 0 bridgehead atoms. The van der Waals surface area contributed by atoms with Gasteiger partial charge in [-0.2, -0.15) is 8.42 Å². The summed E-state index contributed by atoms with van der Waals surface area (Å²) in [6.07, 6.45) is -36.9. The average molecular weight is 1240 g/mol. The number of aliphatic hydroxyl groups excluding tert-OH is 12. The first-order valence-electron chi connectivity index (χ1n) is 30.4. The zero-order valence-electron chi connectivity index (χ0n) is 49.5. The van der Waals surface area contributed by atoms with Gasteiger partial charge in [-0.25, -0.2) is 0 Å². The summed E-state index contributed by atoms with van der Waals surface area (Å²) in [7, 11) is -4.53. The molecule has 0 radical (unpaired) electrons. The van der Waals surface area contributed by atoms with Crippen molar-refractivity contribution in [2.24, 2.45) is 46.3 Å². The number of ether oxygens (including phenoxy) is 11. The van der Waals surface area contributed by atoms with E-state index in [0.717, 1.165) is 18.4 Å². The first-order chi connectivity index (χ1) is 39.7. The molecule has 0 aromatic carbocycles. The highest BCUT2D eigenvalue weighted by Crippen LogP contribution is 2.68. The fraction of sp³-hybridized carbons (Fsp3) is 0.965. The van der Waals surface area contributed by atoms with Gasteiger partial charge in [0.05, 0.1) is 54.6 Å². The molecule has 10 aliphatic rings. The highest BCUT2D eigenvalue weighted by Gasteiger charge is 2.67. The molecule has 3 saturated carbocycles. The molecule has 17 unspecified atom stereocenters. The minimum atomic E-state index is -4.53. The van der Waals surface area contributed by atoms with Crippen LogP contribution in [-0.2, 0) is 62.2 Å². The van der Waals surface area contributed by atoms with Crippen molar-refractivity contribution in [2.45, 2.75) is 284 Å². The van der Waals surface area contributed by atoms with Gasteiger partial charge in [-0.3, -0.25) is 4.55 Å². The Kier molecular flexibility index (Phi) is 19.6. The zero-order valence-corrected chi connectivity index (χ0v) is 50.4. The van der Waals surface area contributed by atoms with Crippen molar-refractivity contribution in [3.05, 3.63) is 11.6 Å². The van der Waals surface area contributed by atoms with Crippen LogP contribution in [-0.4, -0.2) is 269 Å². The Morgan fingerprint density at radius 3 is 1.78 bits per heavy atom. The van der Waals surface area contributed by atoms with Crippen LogP contribution in [0.2, 0.25) is 0 Å². The van der Waals surface area contributed by atoms with Crippen LogP contribution in [0.15, 0.2) is 11.6 Å². The summed E-state index contributed by atoms with van der Waals surface area (Å²) in [5.41, 5.74) is -1.08. The van der Waals surface area contributed by atoms with Gasteiger partial charge >= 0.3 is 0 Å². The number of aliphatic hydroxyl groups is 13. The molecule has 10 rings (SSSR count). The smallest absolute Gasteiger partial charge is 0.267 e. The molecule has 14 N–H and O–H groups in total. The molecule has 0 spiro atoms. The molecule has 27 nitrogen and oxygen atoms in total. The second-order valence-electron chi connectivity index (χ2n) is 27.3. The normalized spacial score (nSPS) is 54.1. The highest BCUT2D eigenvalue weighted by molar-refractivity contribution is 7.86. The number of hydrogen-bond acceptors (Lipinski definition) is 26. The monoisotopic (exact) mass is 1240 g/mol. The standard InChI is InChI=1S/C57H94O27S/c1-20(2)21(3)44-49(80-44)57(9,70)33-11-10-27-26-17-31(29-16-25(85(71,72)73)12-14-55(29,7)28(26)13-15-56(27,33)8)78-52-43(69)46(37(63)32(18-58)79-52)82-54-48(84-51-41(67)39(65)35(61)23(5)76-51)42(68)45(24(6)77-54)81-53-47(36(62)30(59)19-74-53)83-50-40(66)38(64)34(60)22(4)75-50/h13,20-27,29-54,58-70H,10-12,14-19H2,1-9H3,(H,71,72,73)/t21-,22?,23?,24+,25?,26?,27?,29?,30+,31-,32-,33-,34+,35+,36-,37-,38-,39-,40+,41+,42?,43?,44+,45?,46?,47?,48?,49+,50?,51?,52?,53?,54?,55+,56-,57+/m0/s1. The highest BCUT2D eigenvalue weighted by atomic mass is 32.2. The molecule has 4 aliphatic carbocycles. The molecule has 36 atom stereocenters. The maximum absolute atomic E-state index is 12.9. The Morgan fingerprint density at radius 2 is 1.19 bits per heavy atom. The third-order valence-corrected chi connectivity index (χ3v) is 23.1. The number of fused-ring (bicyclic) bond motifs is 5. The summed E-state index contributed by atoms with van der Waals surface area (Å²) < 4.78 is 104. The Morgan fingerprint density at radius 1 is 0.624 bits per heavy atom. The fourth-order valence-electron chi connectivity index (χ4n) is 16.3. The summed E-state index contributed by atoms with van der Waals surface area (Å²) in [4.78, 5) is 0. The predicted octanol–water partition coefficient (Wildman–Crippen LogP) is -2.55. The number of hydrogen-bond donors (Lipinski definition) is 14. The lowest BCUT2D eigenvalue weighted by molar-refractivity contribution is -0.403. The lowest BCUT2D eigenvalue weighted by Gasteiger charge is -2.60. The van der Waals surface area contributed by atoms with Crippen LogP contribution in [0.25, 0.3) is 0 Å². The number of rotatable bonds is 16. The maximum Gasteiger partial charge on any atom is 0.267 e. The fourth-order valence-corrected chi connectivity index (χ4v) is 17.2. The Labute approximate surface area is 495 Å².